The zero-order chi connectivity index (χ0) is 45.4. The summed E-state index contributed by atoms with van der Waals surface area (Å²) < 4.78 is 8.90. The average molecular weight is 879 g/mol. The van der Waals surface area contributed by atoms with Crippen molar-refractivity contribution < 1.29 is 4.42 Å². The molecule has 322 valence electrons. The van der Waals surface area contributed by atoms with Gasteiger partial charge in [-0.1, -0.05) is 194 Å². The van der Waals surface area contributed by atoms with E-state index in [4.69, 9.17) is 4.42 Å². The molecule has 0 fully saturated rings. The quantitative estimate of drug-likeness (QED) is 0.149. The molecule has 0 saturated carbocycles. The molecule has 0 radical (unpaired) electrons. The number of aromatic nitrogens is 1. The Hall–Kier alpha value is -9.18. The molecule has 0 bridgehead atoms. The lowest BCUT2D eigenvalue weighted by Gasteiger charge is -2.27. The van der Waals surface area contributed by atoms with E-state index in [1.807, 2.05) is 12.1 Å². The first-order chi connectivity index (χ1) is 34.2. The first kappa shape index (κ1) is 39.0. The van der Waals surface area contributed by atoms with Crippen LogP contribution in [0.3, 0.4) is 0 Å². The van der Waals surface area contributed by atoms with Crippen molar-refractivity contribution in [3.05, 3.63) is 255 Å². The second-order valence-electron chi connectivity index (χ2n) is 18.0. The van der Waals surface area contributed by atoms with Gasteiger partial charge in [-0.15, -0.1) is 0 Å². The molecule has 14 aromatic rings. The Morgan fingerprint density at radius 3 is 1.46 bits per heavy atom. The minimum Gasteiger partial charge on any atom is -0.455 e. The highest BCUT2D eigenvalue weighted by Gasteiger charge is 2.19. The van der Waals surface area contributed by atoms with Gasteiger partial charge in [0.1, 0.15) is 11.2 Å². The number of furan rings is 1. The number of hydrogen-bond acceptors (Lipinski definition) is 2. The van der Waals surface area contributed by atoms with Crippen molar-refractivity contribution >= 4 is 93.1 Å². The Kier molecular flexibility index (Phi) is 8.90. The molecule has 2 heterocycles. The summed E-state index contributed by atoms with van der Waals surface area (Å²) in [5.74, 6) is 0. The summed E-state index contributed by atoms with van der Waals surface area (Å²) in [6, 6.07) is 92.5. The summed E-state index contributed by atoms with van der Waals surface area (Å²) in [6.45, 7) is 0. The van der Waals surface area contributed by atoms with Gasteiger partial charge in [-0.05, 0) is 115 Å². The molecule has 0 aliphatic rings. The summed E-state index contributed by atoms with van der Waals surface area (Å²) in [7, 11) is 0. The molecule has 0 aliphatic carbocycles. The third-order valence-corrected chi connectivity index (χ3v) is 14.2. The molecule has 14 rings (SSSR count). The van der Waals surface area contributed by atoms with Crippen LogP contribution in [0.2, 0.25) is 0 Å². The number of anilines is 3. The van der Waals surface area contributed by atoms with E-state index in [0.717, 1.165) is 66.9 Å². The summed E-state index contributed by atoms with van der Waals surface area (Å²) >= 11 is 0. The predicted octanol–water partition coefficient (Wildman–Crippen LogP) is 18.6. The standard InChI is InChI=1S/C66H42N2O/c1-2-20-54-52(18-1)53-19-3-4-21-55(53)61-42-49(39-40-56(54)61)67(47-37-35-45(36-38-47)51-25-14-26-60-59-24-8-12-30-65(59)69-66(51)60)48-16-13-15-46(41-48)43-31-33-44(34-32-43)50-17-5-9-27-62(50)68-63-28-10-6-22-57(63)58-23-7-11-29-64(58)68/h1-42H. The van der Waals surface area contributed by atoms with Gasteiger partial charge in [0.25, 0.3) is 0 Å². The fraction of sp³-hybridized carbons (Fsp3) is 0. The van der Waals surface area contributed by atoms with E-state index in [9.17, 15) is 0 Å². The number of hydrogen-bond donors (Lipinski definition) is 0. The molecule has 3 nitrogen and oxygen atoms in total. The van der Waals surface area contributed by atoms with Gasteiger partial charge in [-0.2, -0.15) is 0 Å². The fourth-order valence-electron chi connectivity index (χ4n) is 11.0. The van der Waals surface area contributed by atoms with E-state index in [1.54, 1.807) is 0 Å². The van der Waals surface area contributed by atoms with Crippen molar-refractivity contribution in [1.29, 1.82) is 0 Å². The molecular weight excluding hydrogens is 837 g/mol. The maximum Gasteiger partial charge on any atom is 0.143 e. The number of nitrogens with zero attached hydrogens (tertiary/aromatic N) is 2. The SMILES string of the molecule is c1cc(-c2ccc(-c3ccccc3-n3c4ccccc4c4ccccc43)cc2)cc(N(c2ccc(-c3cccc4c3oc3ccccc34)cc2)c2ccc3c4ccccc4c4ccccc4c3c2)c1. The number of rotatable bonds is 7. The van der Waals surface area contributed by atoms with Crippen molar-refractivity contribution in [3.8, 4) is 39.1 Å². The monoisotopic (exact) mass is 878 g/mol. The Morgan fingerprint density at radius 1 is 0.275 bits per heavy atom. The third kappa shape index (κ3) is 6.29. The molecule has 2 aromatic heterocycles. The van der Waals surface area contributed by atoms with Gasteiger partial charge < -0.3 is 13.9 Å². The maximum absolute atomic E-state index is 6.49. The lowest BCUT2D eigenvalue weighted by Crippen LogP contribution is -2.10. The highest BCUT2D eigenvalue weighted by atomic mass is 16.3. The Bertz CT molecular complexity index is 4220. The van der Waals surface area contributed by atoms with E-state index in [-0.39, 0.29) is 0 Å². The number of fused-ring (bicyclic) bond motifs is 12. The van der Waals surface area contributed by atoms with Crippen molar-refractivity contribution in [2.24, 2.45) is 0 Å². The second-order valence-corrected chi connectivity index (χ2v) is 18.0. The van der Waals surface area contributed by atoms with Gasteiger partial charge in [0.2, 0.25) is 0 Å². The van der Waals surface area contributed by atoms with Crippen molar-refractivity contribution in [1.82, 2.24) is 4.57 Å². The molecule has 0 amide bonds. The first-order valence-electron chi connectivity index (χ1n) is 23.7. The van der Waals surface area contributed by atoms with E-state index >= 15 is 0 Å². The van der Waals surface area contributed by atoms with Crippen LogP contribution < -0.4 is 4.90 Å². The molecular formula is C66H42N2O. The molecule has 0 aliphatic heterocycles. The second kappa shape index (κ2) is 15.7. The van der Waals surface area contributed by atoms with Crippen LogP contribution in [0.15, 0.2) is 259 Å². The highest BCUT2D eigenvalue weighted by molar-refractivity contribution is 6.26. The third-order valence-electron chi connectivity index (χ3n) is 14.2. The zero-order valence-electron chi connectivity index (χ0n) is 37.6. The minimum atomic E-state index is 0.901. The summed E-state index contributed by atoms with van der Waals surface area (Å²) in [5.41, 5.74) is 15.4. The van der Waals surface area contributed by atoms with Gasteiger partial charge in [-0.3, -0.25) is 0 Å². The topological polar surface area (TPSA) is 21.3 Å². The van der Waals surface area contributed by atoms with Crippen molar-refractivity contribution in [2.45, 2.75) is 0 Å². The van der Waals surface area contributed by atoms with Gasteiger partial charge in [-0.25, -0.2) is 0 Å². The lowest BCUT2D eigenvalue weighted by molar-refractivity contribution is 0.670. The first-order valence-corrected chi connectivity index (χ1v) is 23.7. The Labute approximate surface area is 399 Å². The molecule has 3 heteroatoms. The van der Waals surface area contributed by atoms with Crippen LogP contribution in [0.5, 0.6) is 0 Å². The van der Waals surface area contributed by atoms with E-state index in [1.165, 1.54) is 65.3 Å². The molecule has 0 unspecified atom stereocenters. The lowest BCUT2D eigenvalue weighted by atomic mass is 9.94. The number of benzene rings is 12. The molecule has 0 spiro atoms. The Balaban J connectivity index is 0.887. The van der Waals surface area contributed by atoms with Crippen LogP contribution in [0, 0.1) is 0 Å². The molecule has 0 saturated heterocycles. The molecule has 0 N–H and O–H groups in total. The number of para-hydroxylation sites is 5. The molecule has 69 heavy (non-hydrogen) atoms. The predicted molar refractivity (Wildman–Crippen MR) is 292 cm³/mol. The van der Waals surface area contributed by atoms with Crippen LogP contribution in [-0.4, -0.2) is 4.57 Å². The minimum absolute atomic E-state index is 0.901. The largest absolute Gasteiger partial charge is 0.455 e. The van der Waals surface area contributed by atoms with Gasteiger partial charge in [0.05, 0.1) is 16.7 Å². The zero-order valence-corrected chi connectivity index (χ0v) is 37.6. The summed E-state index contributed by atoms with van der Waals surface area (Å²) in [4.78, 5) is 2.40. The smallest absolute Gasteiger partial charge is 0.143 e. The van der Waals surface area contributed by atoms with E-state index in [2.05, 4.69) is 252 Å². The van der Waals surface area contributed by atoms with Crippen molar-refractivity contribution in [3.63, 3.8) is 0 Å². The van der Waals surface area contributed by atoms with Gasteiger partial charge in [0.15, 0.2) is 0 Å². The Morgan fingerprint density at radius 2 is 0.754 bits per heavy atom. The van der Waals surface area contributed by atoms with Crippen LogP contribution in [0.25, 0.3) is 115 Å². The van der Waals surface area contributed by atoms with Crippen LogP contribution >= 0.6 is 0 Å². The van der Waals surface area contributed by atoms with E-state index in [0.29, 0.717) is 0 Å². The molecule has 0 atom stereocenters. The normalized spacial score (nSPS) is 11.8. The molecule has 12 aromatic carbocycles. The summed E-state index contributed by atoms with van der Waals surface area (Å²) in [5, 5.41) is 12.3. The van der Waals surface area contributed by atoms with Crippen LogP contribution in [0.1, 0.15) is 0 Å². The maximum atomic E-state index is 6.49. The van der Waals surface area contributed by atoms with Crippen LogP contribution in [-0.2, 0) is 0 Å². The van der Waals surface area contributed by atoms with Crippen molar-refractivity contribution in [2.75, 3.05) is 4.90 Å². The fourth-order valence-corrected chi connectivity index (χ4v) is 11.0. The average Bonchev–Trinajstić information content (AvgIpc) is 3.98. The summed E-state index contributed by atoms with van der Waals surface area (Å²) in [6.07, 6.45) is 0. The van der Waals surface area contributed by atoms with E-state index < -0.39 is 0 Å². The van der Waals surface area contributed by atoms with Gasteiger partial charge in [0, 0.05) is 49.7 Å². The van der Waals surface area contributed by atoms with Gasteiger partial charge >= 0.3 is 0 Å². The highest BCUT2D eigenvalue weighted by Crippen LogP contribution is 2.44. The van der Waals surface area contributed by atoms with Crippen LogP contribution in [0.4, 0.5) is 17.1 Å².